The number of piperazine rings is 1. The van der Waals surface area contributed by atoms with Crippen LogP contribution in [0.25, 0.3) is 11.4 Å². The van der Waals surface area contributed by atoms with Crippen molar-refractivity contribution >= 4 is 15.9 Å². The molecule has 1 amide bonds. The fraction of sp³-hybridized carbons (Fsp3) is 0.444. The lowest BCUT2D eigenvalue weighted by Crippen LogP contribution is -2.51. The number of nitrogens with zero attached hydrogens (tertiary/aromatic N) is 5. The summed E-state index contributed by atoms with van der Waals surface area (Å²) >= 11 is 0. The molecule has 0 unspecified atom stereocenters. The van der Waals surface area contributed by atoms with Gasteiger partial charge in [0.05, 0.1) is 11.9 Å². The van der Waals surface area contributed by atoms with E-state index >= 15 is 0 Å². The predicted octanol–water partition coefficient (Wildman–Crippen LogP) is 1.34. The molecule has 0 atom stereocenters. The molecular formula is C18H23N5O3S. The molecule has 0 aromatic carbocycles. The van der Waals surface area contributed by atoms with E-state index in [4.69, 9.17) is 0 Å². The van der Waals surface area contributed by atoms with Gasteiger partial charge in [-0.15, -0.1) is 0 Å². The third-order valence-corrected chi connectivity index (χ3v) is 6.34. The van der Waals surface area contributed by atoms with Gasteiger partial charge in [-0.2, -0.15) is 4.31 Å². The van der Waals surface area contributed by atoms with Crippen LogP contribution in [0.4, 0.5) is 0 Å². The fourth-order valence-electron chi connectivity index (χ4n) is 2.99. The molecule has 2 aromatic heterocycles. The first-order valence-corrected chi connectivity index (χ1v) is 10.3. The van der Waals surface area contributed by atoms with Crippen molar-refractivity contribution in [3.63, 3.8) is 0 Å². The summed E-state index contributed by atoms with van der Waals surface area (Å²) in [6.07, 6.45) is 2.94. The predicted molar refractivity (Wildman–Crippen MR) is 100 cm³/mol. The van der Waals surface area contributed by atoms with Crippen LogP contribution in [-0.2, 0) is 14.8 Å². The Labute approximate surface area is 159 Å². The van der Waals surface area contributed by atoms with E-state index in [0.29, 0.717) is 30.3 Å². The van der Waals surface area contributed by atoms with E-state index < -0.39 is 10.0 Å². The number of hydrogen-bond donors (Lipinski definition) is 0. The molecule has 0 N–H and O–H groups in total. The van der Waals surface area contributed by atoms with Crippen molar-refractivity contribution in [3.05, 3.63) is 36.4 Å². The van der Waals surface area contributed by atoms with Gasteiger partial charge in [0.1, 0.15) is 16.4 Å². The molecule has 2 aromatic rings. The first-order chi connectivity index (χ1) is 12.8. The molecule has 1 fully saturated rings. The highest BCUT2D eigenvalue weighted by Crippen LogP contribution is 2.26. The van der Waals surface area contributed by atoms with Crippen LogP contribution in [-0.4, -0.2) is 64.7 Å². The van der Waals surface area contributed by atoms with Gasteiger partial charge in [-0.1, -0.05) is 19.9 Å². The Morgan fingerprint density at radius 3 is 2.41 bits per heavy atom. The second-order valence-electron chi connectivity index (χ2n) is 6.73. The smallest absolute Gasteiger partial charge is 0.246 e. The van der Waals surface area contributed by atoms with Crippen molar-refractivity contribution in [1.82, 2.24) is 24.2 Å². The minimum atomic E-state index is -3.80. The Morgan fingerprint density at radius 1 is 1.11 bits per heavy atom. The van der Waals surface area contributed by atoms with Gasteiger partial charge in [0.15, 0.2) is 0 Å². The number of carbonyl (C=O) groups is 1. The first-order valence-electron chi connectivity index (χ1n) is 8.84. The normalized spacial score (nSPS) is 15.9. The number of carbonyl (C=O) groups excluding carboxylic acids is 1. The van der Waals surface area contributed by atoms with Crippen LogP contribution < -0.4 is 0 Å². The largest absolute Gasteiger partial charge is 0.340 e. The number of hydrogen-bond acceptors (Lipinski definition) is 6. The second-order valence-corrected chi connectivity index (χ2v) is 8.64. The van der Waals surface area contributed by atoms with E-state index in [9.17, 15) is 13.2 Å². The standard InChI is InChI=1S/C18H23N5O3S/c1-13(2)18(24)22-8-10-23(11-9-22)27(25,26)16-12-20-14(3)21-17(16)15-6-4-5-7-19-15/h4-7,12-13H,8-11H2,1-3H3. The summed E-state index contributed by atoms with van der Waals surface area (Å²) in [5, 5.41) is 0. The highest BCUT2D eigenvalue weighted by Gasteiger charge is 2.33. The van der Waals surface area contributed by atoms with E-state index in [1.54, 1.807) is 36.2 Å². The number of aryl methyl sites for hydroxylation is 1. The van der Waals surface area contributed by atoms with E-state index in [0.717, 1.165) is 0 Å². The molecule has 27 heavy (non-hydrogen) atoms. The Balaban J connectivity index is 1.90. The average Bonchev–Trinajstić information content (AvgIpc) is 2.68. The Morgan fingerprint density at radius 2 is 1.81 bits per heavy atom. The lowest BCUT2D eigenvalue weighted by molar-refractivity contribution is -0.135. The molecule has 3 rings (SSSR count). The fourth-order valence-corrected chi connectivity index (χ4v) is 4.49. The van der Waals surface area contributed by atoms with E-state index in [1.807, 2.05) is 13.8 Å². The molecule has 0 radical (unpaired) electrons. The van der Waals surface area contributed by atoms with Crippen molar-refractivity contribution < 1.29 is 13.2 Å². The summed E-state index contributed by atoms with van der Waals surface area (Å²) in [4.78, 5) is 26.5. The van der Waals surface area contributed by atoms with Crippen molar-refractivity contribution in [2.24, 2.45) is 5.92 Å². The Hall–Kier alpha value is -2.39. The minimum Gasteiger partial charge on any atom is -0.340 e. The summed E-state index contributed by atoms with van der Waals surface area (Å²) in [6.45, 7) is 6.64. The molecule has 0 spiro atoms. The maximum atomic E-state index is 13.2. The molecule has 9 heteroatoms. The lowest BCUT2D eigenvalue weighted by Gasteiger charge is -2.35. The number of amides is 1. The van der Waals surface area contributed by atoms with Gasteiger partial charge >= 0.3 is 0 Å². The van der Waals surface area contributed by atoms with Gasteiger partial charge in [0, 0.05) is 38.3 Å². The maximum Gasteiger partial charge on any atom is 0.246 e. The SMILES string of the molecule is Cc1ncc(S(=O)(=O)N2CCN(C(=O)C(C)C)CC2)c(-c2ccccn2)n1. The van der Waals surface area contributed by atoms with Crippen molar-refractivity contribution in [3.8, 4) is 11.4 Å². The van der Waals surface area contributed by atoms with Crippen molar-refractivity contribution in [1.29, 1.82) is 0 Å². The number of rotatable bonds is 4. The molecule has 3 heterocycles. The lowest BCUT2D eigenvalue weighted by atomic mass is 10.2. The van der Waals surface area contributed by atoms with Crippen LogP contribution in [0.3, 0.4) is 0 Å². The molecule has 8 nitrogen and oxygen atoms in total. The zero-order chi connectivity index (χ0) is 19.6. The van der Waals surface area contributed by atoms with Crippen LogP contribution in [0.5, 0.6) is 0 Å². The van der Waals surface area contributed by atoms with Crippen LogP contribution >= 0.6 is 0 Å². The van der Waals surface area contributed by atoms with Crippen LogP contribution in [0, 0.1) is 12.8 Å². The zero-order valence-electron chi connectivity index (χ0n) is 15.7. The number of sulfonamides is 1. The second kappa shape index (κ2) is 7.69. The third-order valence-electron chi connectivity index (χ3n) is 4.45. The first kappa shape index (κ1) is 19.4. The van der Waals surface area contributed by atoms with Gasteiger partial charge in [-0.25, -0.2) is 18.4 Å². The molecular weight excluding hydrogens is 366 g/mol. The average molecular weight is 389 g/mol. The molecule has 1 aliphatic heterocycles. The molecule has 1 saturated heterocycles. The van der Waals surface area contributed by atoms with Gasteiger partial charge < -0.3 is 4.90 Å². The highest BCUT2D eigenvalue weighted by molar-refractivity contribution is 7.89. The molecule has 144 valence electrons. The summed E-state index contributed by atoms with van der Waals surface area (Å²) in [5.41, 5.74) is 0.777. The Bertz CT molecular complexity index is 923. The Kier molecular flexibility index (Phi) is 5.52. The van der Waals surface area contributed by atoms with Gasteiger partial charge in [0.25, 0.3) is 0 Å². The number of aromatic nitrogens is 3. The van der Waals surface area contributed by atoms with Crippen molar-refractivity contribution in [2.75, 3.05) is 26.2 Å². The number of pyridine rings is 1. The monoisotopic (exact) mass is 389 g/mol. The van der Waals surface area contributed by atoms with Gasteiger partial charge in [-0.3, -0.25) is 9.78 Å². The van der Waals surface area contributed by atoms with Crippen LogP contribution in [0.2, 0.25) is 0 Å². The molecule has 0 aliphatic carbocycles. The van der Waals surface area contributed by atoms with Gasteiger partial charge in [0.2, 0.25) is 15.9 Å². The minimum absolute atomic E-state index is 0.0374. The van der Waals surface area contributed by atoms with E-state index in [-0.39, 0.29) is 29.8 Å². The zero-order valence-corrected chi connectivity index (χ0v) is 16.5. The maximum absolute atomic E-state index is 13.2. The topological polar surface area (TPSA) is 96.4 Å². The summed E-state index contributed by atoms with van der Waals surface area (Å²) in [6, 6.07) is 5.27. The van der Waals surface area contributed by atoms with Crippen molar-refractivity contribution in [2.45, 2.75) is 25.7 Å². The summed E-state index contributed by atoms with van der Waals surface area (Å²) in [5.74, 6) is 0.413. The summed E-state index contributed by atoms with van der Waals surface area (Å²) in [7, 11) is -3.80. The van der Waals surface area contributed by atoms with Gasteiger partial charge in [-0.05, 0) is 19.1 Å². The summed E-state index contributed by atoms with van der Waals surface area (Å²) < 4.78 is 27.8. The van der Waals surface area contributed by atoms with E-state index in [2.05, 4.69) is 15.0 Å². The quantitative estimate of drug-likeness (QED) is 0.783. The third kappa shape index (κ3) is 3.98. The molecule has 1 aliphatic rings. The van der Waals surface area contributed by atoms with E-state index in [1.165, 1.54) is 10.5 Å². The highest BCUT2D eigenvalue weighted by atomic mass is 32.2. The van der Waals surface area contributed by atoms with Crippen LogP contribution in [0.15, 0.2) is 35.5 Å². The molecule has 0 bridgehead atoms. The van der Waals surface area contributed by atoms with Crippen LogP contribution in [0.1, 0.15) is 19.7 Å². The molecule has 0 saturated carbocycles.